The van der Waals surface area contributed by atoms with E-state index in [2.05, 4.69) is 19.9 Å². The van der Waals surface area contributed by atoms with Crippen LogP contribution in [-0.4, -0.2) is 11.6 Å². The summed E-state index contributed by atoms with van der Waals surface area (Å²) in [4.78, 5) is 24.4. The summed E-state index contributed by atoms with van der Waals surface area (Å²) in [5.41, 5.74) is 2.87. The summed E-state index contributed by atoms with van der Waals surface area (Å²) in [5, 5.41) is 0. The Morgan fingerprint density at radius 3 is 2.46 bits per heavy atom. The lowest BCUT2D eigenvalue weighted by Crippen LogP contribution is -2.53. The van der Waals surface area contributed by atoms with Crippen LogP contribution in [0.5, 0.6) is 0 Å². The second kappa shape index (κ2) is 5.41. The second-order valence-electron chi connectivity index (χ2n) is 9.09. The molecule has 0 aromatic heterocycles. The maximum atomic E-state index is 12.5. The van der Waals surface area contributed by atoms with Gasteiger partial charge in [-0.15, -0.1) is 0 Å². The Balaban J connectivity index is 1.71. The molecule has 2 nitrogen and oxygen atoms in total. The molecule has 130 valence electrons. The molecule has 5 unspecified atom stereocenters. The Morgan fingerprint density at radius 2 is 1.71 bits per heavy atom. The monoisotopic (exact) mass is 326 g/mol. The number of ketones is 2. The average Bonchev–Trinajstić information content (AvgIpc) is 2.54. The van der Waals surface area contributed by atoms with Crippen LogP contribution in [0.25, 0.3) is 0 Å². The van der Waals surface area contributed by atoms with E-state index in [1.54, 1.807) is 0 Å². The van der Waals surface area contributed by atoms with E-state index in [0.29, 0.717) is 23.4 Å². The zero-order valence-electron chi connectivity index (χ0n) is 15.4. The highest BCUT2D eigenvalue weighted by Crippen LogP contribution is 2.64. The molecule has 24 heavy (non-hydrogen) atoms. The van der Waals surface area contributed by atoms with Crippen LogP contribution in [0.1, 0.15) is 72.1 Å². The van der Waals surface area contributed by atoms with Gasteiger partial charge in [-0.25, -0.2) is 0 Å². The molecule has 3 fully saturated rings. The lowest BCUT2D eigenvalue weighted by atomic mass is 9.44. The fourth-order valence-electron chi connectivity index (χ4n) is 6.98. The van der Waals surface area contributed by atoms with E-state index in [4.69, 9.17) is 0 Å². The highest BCUT2D eigenvalue weighted by atomic mass is 16.1. The van der Waals surface area contributed by atoms with Crippen LogP contribution in [0.4, 0.5) is 0 Å². The summed E-state index contributed by atoms with van der Waals surface area (Å²) in [6.45, 7) is 6.83. The van der Waals surface area contributed by atoms with Gasteiger partial charge >= 0.3 is 0 Å². The van der Waals surface area contributed by atoms with Crippen LogP contribution >= 0.6 is 0 Å². The third-order valence-electron chi connectivity index (χ3n) is 8.24. The van der Waals surface area contributed by atoms with Gasteiger partial charge in [0.1, 0.15) is 0 Å². The van der Waals surface area contributed by atoms with E-state index in [1.807, 2.05) is 13.0 Å². The zero-order chi connectivity index (χ0) is 17.1. The normalized spacial score (nSPS) is 46.9. The molecule has 3 saturated carbocycles. The van der Waals surface area contributed by atoms with Crippen LogP contribution in [0.2, 0.25) is 0 Å². The molecule has 5 atom stereocenters. The van der Waals surface area contributed by atoms with Gasteiger partial charge in [0.15, 0.2) is 11.6 Å². The largest absolute Gasteiger partial charge is 0.295 e. The first-order valence-electron chi connectivity index (χ1n) is 9.84. The topological polar surface area (TPSA) is 34.1 Å². The number of hydrogen-bond donors (Lipinski definition) is 0. The quantitative estimate of drug-likeness (QED) is 0.585. The van der Waals surface area contributed by atoms with Crippen LogP contribution in [0.3, 0.4) is 0 Å². The lowest BCUT2D eigenvalue weighted by molar-refractivity contribution is -0.125. The average molecular weight is 326 g/mol. The Morgan fingerprint density at radius 1 is 0.958 bits per heavy atom. The molecule has 4 rings (SSSR count). The molecule has 0 aromatic rings. The highest BCUT2D eigenvalue weighted by Gasteiger charge is 2.57. The summed E-state index contributed by atoms with van der Waals surface area (Å²) >= 11 is 0. The van der Waals surface area contributed by atoms with Gasteiger partial charge in [0.05, 0.1) is 0 Å². The predicted octanol–water partition coefficient (Wildman–Crippen LogP) is 5.03. The van der Waals surface area contributed by atoms with Gasteiger partial charge in [0, 0.05) is 12.8 Å². The lowest BCUT2D eigenvalue weighted by Gasteiger charge is -2.60. The molecule has 0 aromatic carbocycles. The minimum absolute atomic E-state index is 0.0906. The zero-order valence-corrected chi connectivity index (χ0v) is 15.4. The molecule has 0 spiro atoms. The van der Waals surface area contributed by atoms with Crippen molar-refractivity contribution >= 4 is 11.6 Å². The molecule has 0 saturated heterocycles. The molecular formula is C22H30O2. The van der Waals surface area contributed by atoms with Crippen molar-refractivity contribution in [2.45, 2.75) is 72.1 Å². The molecule has 0 radical (unpaired) electrons. The van der Waals surface area contributed by atoms with Gasteiger partial charge < -0.3 is 0 Å². The molecule has 4 aliphatic carbocycles. The number of hydrogen-bond acceptors (Lipinski definition) is 2. The molecule has 0 aliphatic heterocycles. The third kappa shape index (κ3) is 2.07. The van der Waals surface area contributed by atoms with E-state index < -0.39 is 0 Å². The van der Waals surface area contributed by atoms with Gasteiger partial charge in [0.25, 0.3) is 0 Å². The number of allylic oxidation sites excluding steroid dienone is 4. The first-order chi connectivity index (χ1) is 11.4. The van der Waals surface area contributed by atoms with Crippen LogP contribution < -0.4 is 0 Å². The third-order valence-corrected chi connectivity index (χ3v) is 8.24. The second-order valence-corrected chi connectivity index (χ2v) is 9.09. The minimum atomic E-state index is 0.0906. The first kappa shape index (κ1) is 16.3. The molecule has 4 aliphatic rings. The number of rotatable bonds is 0. The Bertz CT molecular complexity index is 655. The Hall–Kier alpha value is -1.18. The van der Waals surface area contributed by atoms with E-state index >= 15 is 0 Å². The molecule has 0 amide bonds. The van der Waals surface area contributed by atoms with Gasteiger partial charge in [0.2, 0.25) is 0 Å². The van der Waals surface area contributed by atoms with Crippen molar-refractivity contribution < 1.29 is 9.59 Å². The van der Waals surface area contributed by atoms with Crippen molar-refractivity contribution in [3.8, 4) is 0 Å². The van der Waals surface area contributed by atoms with E-state index in [-0.39, 0.29) is 10.8 Å². The Labute approximate surface area is 145 Å². The summed E-state index contributed by atoms with van der Waals surface area (Å²) in [5.74, 6) is 2.80. The standard InChI is InChI=1S/C22H30O2/c1-4-17-20(24)8-7-18-16-6-5-14-13-15(23)9-11-21(14,2)19(16)10-12-22(17,18)3/h4,13,16,18-19H,5-12H2,1-3H3/b17-4-. The predicted molar refractivity (Wildman–Crippen MR) is 95.5 cm³/mol. The fourth-order valence-corrected chi connectivity index (χ4v) is 6.98. The molecule has 0 bridgehead atoms. The summed E-state index contributed by atoms with van der Waals surface area (Å²) in [6.07, 6.45) is 12.3. The van der Waals surface area contributed by atoms with E-state index in [0.717, 1.165) is 50.0 Å². The molecular weight excluding hydrogens is 296 g/mol. The maximum absolute atomic E-state index is 12.5. The van der Waals surface area contributed by atoms with Crippen LogP contribution in [0, 0.1) is 28.6 Å². The highest BCUT2D eigenvalue weighted by molar-refractivity contribution is 5.97. The first-order valence-corrected chi connectivity index (χ1v) is 9.84. The van der Waals surface area contributed by atoms with Gasteiger partial charge in [-0.1, -0.05) is 25.5 Å². The van der Waals surface area contributed by atoms with Crippen molar-refractivity contribution in [2.24, 2.45) is 28.6 Å². The van der Waals surface area contributed by atoms with Gasteiger partial charge in [-0.05, 0) is 85.7 Å². The van der Waals surface area contributed by atoms with Crippen molar-refractivity contribution in [3.63, 3.8) is 0 Å². The number of carbonyl (C=O) groups is 2. The smallest absolute Gasteiger partial charge is 0.159 e. The maximum Gasteiger partial charge on any atom is 0.159 e. The van der Waals surface area contributed by atoms with Crippen LogP contribution in [0.15, 0.2) is 23.3 Å². The van der Waals surface area contributed by atoms with Gasteiger partial charge in [-0.3, -0.25) is 9.59 Å². The summed E-state index contributed by atoms with van der Waals surface area (Å²) in [7, 11) is 0. The van der Waals surface area contributed by atoms with Crippen molar-refractivity contribution in [1.82, 2.24) is 0 Å². The van der Waals surface area contributed by atoms with E-state index in [1.165, 1.54) is 18.4 Å². The fraction of sp³-hybridized carbons (Fsp3) is 0.727. The van der Waals surface area contributed by atoms with Crippen molar-refractivity contribution in [3.05, 3.63) is 23.3 Å². The summed E-state index contributed by atoms with van der Waals surface area (Å²) in [6, 6.07) is 0. The SMILES string of the molecule is C/C=C1/C(=O)CCC2C3CCC4=CC(=O)CCC4(C)C3CCC12C. The number of carbonyl (C=O) groups excluding carboxylic acids is 2. The van der Waals surface area contributed by atoms with E-state index in [9.17, 15) is 9.59 Å². The van der Waals surface area contributed by atoms with Crippen LogP contribution in [-0.2, 0) is 9.59 Å². The van der Waals surface area contributed by atoms with Crippen molar-refractivity contribution in [2.75, 3.05) is 0 Å². The number of Topliss-reactive ketones (excluding diaryl/α,β-unsaturated/α-hetero) is 1. The summed E-state index contributed by atoms with van der Waals surface area (Å²) < 4.78 is 0. The number of fused-ring (bicyclic) bond motifs is 5. The molecule has 0 N–H and O–H groups in total. The Kier molecular flexibility index (Phi) is 3.67. The minimum Gasteiger partial charge on any atom is -0.295 e. The molecule has 0 heterocycles. The molecule has 2 heteroatoms. The van der Waals surface area contributed by atoms with Crippen molar-refractivity contribution in [1.29, 1.82) is 0 Å². The van der Waals surface area contributed by atoms with Gasteiger partial charge in [-0.2, -0.15) is 0 Å².